The van der Waals surface area contributed by atoms with Crippen molar-refractivity contribution in [3.63, 3.8) is 0 Å². The lowest BCUT2D eigenvalue weighted by atomic mass is 9.97. The summed E-state index contributed by atoms with van der Waals surface area (Å²) in [5.74, 6) is 1.18. The number of carbonyl (C=O) groups is 1. The zero-order valence-electron chi connectivity index (χ0n) is 13.6. The highest BCUT2D eigenvalue weighted by atomic mass is 16.5. The Kier molecular flexibility index (Phi) is 5.39. The number of nitrogens with one attached hydrogen (secondary N) is 1. The zero-order valence-corrected chi connectivity index (χ0v) is 13.6. The molecule has 1 N–H and O–H groups in total. The molecule has 0 bridgehead atoms. The van der Waals surface area contributed by atoms with E-state index in [1.807, 2.05) is 18.3 Å². The highest BCUT2D eigenvalue weighted by molar-refractivity contribution is 5.89. The first kappa shape index (κ1) is 16.3. The zero-order chi connectivity index (χ0) is 16.1. The van der Waals surface area contributed by atoms with Gasteiger partial charge in [-0.3, -0.25) is 4.79 Å². The number of hydrogen-bond donors (Lipinski definition) is 1. The molecule has 0 saturated heterocycles. The molecule has 1 aliphatic heterocycles. The average Bonchev–Trinajstić information content (AvgIpc) is 3.01. The van der Waals surface area contributed by atoms with Gasteiger partial charge in [0.05, 0.1) is 6.61 Å². The Balaban J connectivity index is 2.27. The van der Waals surface area contributed by atoms with E-state index in [-0.39, 0.29) is 5.91 Å². The van der Waals surface area contributed by atoms with Gasteiger partial charge in [-0.1, -0.05) is 33.4 Å². The summed E-state index contributed by atoms with van der Waals surface area (Å²) in [6.45, 7) is 11.3. The fourth-order valence-corrected chi connectivity index (χ4v) is 2.38. The summed E-state index contributed by atoms with van der Waals surface area (Å²) in [7, 11) is 0. The minimum absolute atomic E-state index is 0.151. The van der Waals surface area contributed by atoms with Crippen molar-refractivity contribution in [3.05, 3.63) is 48.2 Å². The second kappa shape index (κ2) is 7.27. The molecule has 4 heteroatoms. The Hall–Kier alpha value is -2.07. The average molecular weight is 300 g/mol. The third-order valence-corrected chi connectivity index (χ3v) is 3.60. The molecule has 0 aromatic heterocycles. The molecular formula is C18H24N2O2. The molecule has 1 aliphatic rings. The molecule has 22 heavy (non-hydrogen) atoms. The molecule has 1 heterocycles. The molecule has 4 nitrogen and oxygen atoms in total. The number of hydrogen-bond acceptors (Lipinski definition) is 3. The van der Waals surface area contributed by atoms with Crippen molar-refractivity contribution in [2.75, 3.05) is 13.2 Å². The quantitative estimate of drug-likeness (QED) is 0.818. The SMILES string of the molecule is C=CC(=O)N1C=C(c2ccc(OCCC)c(C(C)C)c2)CN1. The molecule has 1 aromatic rings. The topological polar surface area (TPSA) is 41.6 Å². The standard InChI is InChI=1S/C18H24N2O2/c1-5-9-22-17-8-7-14(10-16(17)13(3)4)15-11-19-20(12-15)18(21)6-2/h6-8,10,12-13,19H,2,5,9,11H2,1,3-4H3. The number of carbonyl (C=O) groups excluding carboxylic acids is 1. The lowest BCUT2D eigenvalue weighted by Gasteiger charge is -2.15. The molecule has 1 aromatic carbocycles. The molecule has 1 amide bonds. The van der Waals surface area contributed by atoms with E-state index in [1.54, 1.807) is 0 Å². The molecule has 118 valence electrons. The number of amides is 1. The maximum atomic E-state index is 11.6. The van der Waals surface area contributed by atoms with Crippen LogP contribution >= 0.6 is 0 Å². The van der Waals surface area contributed by atoms with Crippen molar-refractivity contribution in [1.29, 1.82) is 0 Å². The first-order chi connectivity index (χ1) is 10.6. The Labute approximate surface area is 132 Å². The largest absolute Gasteiger partial charge is 0.493 e. The van der Waals surface area contributed by atoms with Gasteiger partial charge in [0.25, 0.3) is 5.91 Å². The lowest BCUT2D eigenvalue weighted by molar-refractivity contribution is -0.125. The Morgan fingerprint density at radius 3 is 2.91 bits per heavy atom. The van der Waals surface area contributed by atoms with E-state index in [1.165, 1.54) is 16.6 Å². The van der Waals surface area contributed by atoms with Crippen LogP contribution in [-0.2, 0) is 4.79 Å². The summed E-state index contributed by atoms with van der Waals surface area (Å²) in [6.07, 6.45) is 4.12. The van der Waals surface area contributed by atoms with Gasteiger partial charge in [0, 0.05) is 12.7 Å². The molecule has 0 aliphatic carbocycles. The van der Waals surface area contributed by atoms with E-state index in [2.05, 4.69) is 38.8 Å². The van der Waals surface area contributed by atoms with Crippen LogP contribution < -0.4 is 10.2 Å². The fourth-order valence-electron chi connectivity index (χ4n) is 2.38. The van der Waals surface area contributed by atoms with Crippen LogP contribution in [0.15, 0.2) is 37.1 Å². The summed E-state index contributed by atoms with van der Waals surface area (Å²) in [5, 5.41) is 1.47. The lowest BCUT2D eigenvalue weighted by Crippen LogP contribution is -2.33. The van der Waals surface area contributed by atoms with Gasteiger partial charge in [-0.15, -0.1) is 0 Å². The van der Waals surface area contributed by atoms with E-state index in [0.29, 0.717) is 12.5 Å². The molecule has 0 fully saturated rings. The van der Waals surface area contributed by atoms with E-state index >= 15 is 0 Å². The molecule has 2 rings (SSSR count). The third-order valence-electron chi connectivity index (χ3n) is 3.60. The highest BCUT2D eigenvalue weighted by Gasteiger charge is 2.18. The minimum Gasteiger partial charge on any atom is -0.493 e. The van der Waals surface area contributed by atoms with Crippen LogP contribution in [0, 0.1) is 0 Å². The van der Waals surface area contributed by atoms with Crippen molar-refractivity contribution >= 4 is 11.5 Å². The fraction of sp³-hybridized carbons (Fsp3) is 0.389. The summed E-state index contributed by atoms with van der Waals surface area (Å²) < 4.78 is 5.83. The van der Waals surface area contributed by atoms with Crippen LogP contribution in [0.5, 0.6) is 5.75 Å². The Morgan fingerprint density at radius 1 is 1.50 bits per heavy atom. The van der Waals surface area contributed by atoms with Crippen LogP contribution in [0.1, 0.15) is 44.2 Å². The number of rotatable bonds is 6. The predicted octanol–water partition coefficient (Wildman–Crippen LogP) is 3.47. The number of benzene rings is 1. The minimum atomic E-state index is -0.151. The first-order valence-electron chi connectivity index (χ1n) is 7.73. The van der Waals surface area contributed by atoms with E-state index in [9.17, 15) is 4.79 Å². The van der Waals surface area contributed by atoms with Gasteiger partial charge in [-0.25, -0.2) is 10.4 Å². The van der Waals surface area contributed by atoms with E-state index in [4.69, 9.17) is 4.74 Å². The number of nitrogens with zero attached hydrogens (tertiary/aromatic N) is 1. The van der Waals surface area contributed by atoms with E-state index in [0.717, 1.165) is 29.9 Å². The summed E-state index contributed by atoms with van der Waals surface area (Å²) >= 11 is 0. The van der Waals surface area contributed by atoms with E-state index < -0.39 is 0 Å². The molecular weight excluding hydrogens is 276 g/mol. The van der Waals surface area contributed by atoms with Gasteiger partial charge in [0.1, 0.15) is 5.75 Å². The van der Waals surface area contributed by atoms with Crippen molar-refractivity contribution in [2.45, 2.75) is 33.1 Å². The monoisotopic (exact) mass is 300 g/mol. The molecule has 0 atom stereocenters. The van der Waals surface area contributed by atoms with Crippen molar-refractivity contribution in [3.8, 4) is 5.75 Å². The number of hydrazine groups is 1. The van der Waals surface area contributed by atoms with Crippen LogP contribution in [0.4, 0.5) is 0 Å². The van der Waals surface area contributed by atoms with Gasteiger partial charge < -0.3 is 4.74 Å². The summed E-state index contributed by atoms with van der Waals surface area (Å²) in [4.78, 5) is 11.6. The van der Waals surface area contributed by atoms with Gasteiger partial charge in [-0.05, 0) is 47.2 Å². The maximum Gasteiger partial charge on any atom is 0.264 e. The van der Waals surface area contributed by atoms with Crippen molar-refractivity contribution in [1.82, 2.24) is 10.4 Å². The maximum absolute atomic E-state index is 11.6. The highest BCUT2D eigenvalue weighted by Crippen LogP contribution is 2.31. The Bertz CT molecular complexity index is 591. The summed E-state index contributed by atoms with van der Waals surface area (Å²) in [6, 6.07) is 6.23. The van der Waals surface area contributed by atoms with Gasteiger partial charge in [-0.2, -0.15) is 0 Å². The smallest absolute Gasteiger partial charge is 0.264 e. The normalized spacial score (nSPS) is 14.2. The van der Waals surface area contributed by atoms with Crippen molar-refractivity contribution < 1.29 is 9.53 Å². The van der Waals surface area contributed by atoms with Crippen LogP contribution in [0.3, 0.4) is 0 Å². The molecule has 0 saturated carbocycles. The van der Waals surface area contributed by atoms with Crippen LogP contribution in [0.25, 0.3) is 5.57 Å². The summed E-state index contributed by atoms with van der Waals surface area (Å²) in [5.41, 5.74) is 6.43. The predicted molar refractivity (Wildman–Crippen MR) is 89.3 cm³/mol. The molecule has 0 spiro atoms. The number of ether oxygens (including phenoxy) is 1. The second-order valence-electron chi connectivity index (χ2n) is 5.66. The third kappa shape index (κ3) is 3.57. The van der Waals surface area contributed by atoms with Gasteiger partial charge in [0.2, 0.25) is 0 Å². The van der Waals surface area contributed by atoms with Crippen LogP contribution in [0.2, 0.25) is 0 Å². The molecule has 0 unspecified atom stereocenters. The Morgan fingerprint density at radius 2 is 2.27 bits per heavy atom. The molecule has 0 radical (unpaired) electrons. The second-order valence-corrected chi connectivity index (χ2v) is 5.66. The first-order valence-corrected chi connectivity index (χ1v) is 7.73. The van der Waals surface area contributed by atoms with Crippen LogP contribution in [-0.4, -0.2) is 24.1 Å². The van der Waals surface area contributed by atoms with Gasteiger partial charge >= 0.3 is 0 Å². The van der Waals surface area contributed by atoms with Crippen molar-refractivity contribution in [2.24, 2.45) is 0 Å². The van der Waals surface area contributed by atoms with Gasteiger partial charge in [0.15, 0.2) is 0 Å².